The lowest BCUT2D eigenvalue weighted by molar-refractivity contribution is -0.121. The molecule has 0 fully saturated rings. The highest BCUT2D eigenvalue weighted by Gasteiger charge is 2.36. The molecule has 0 saturated carbocycles. The minimum Gasteiger partial charge on any atom is -0.424 e. The molecule has 0 aliphatic carbocycles. The Morgan fingerprint density at radius 1 is 0.971 bits per heavy atom. The second-order valence-corrected chi connectivity index (χ2v) is 9.63. The van der Waals surface area contributed by atoms with E-state index in [-0.39, 0.29) is 11.9 Å². The van der Waals surface area contributed by atoms with Crippen LogP contribution in [0.4, 0.5) is 5.69 Å². The molecule has 6 nitrogen and oxygen atoms in total. The number of thiazole rings is 1. The Morgan fingerprint density at radius 2 is 1.71 bits per heavy atom. The van der Waals surface area contributed by atoms with Crippen molar-refractivity contribution in [2.24, 2.45) is 0 Å². The van der Waals surface area contributed by atoms with Gasteiger partial charge in [-0.05, 0) is 61.4 Å². The molecule has 1 amide bonds. The number of aryl methyl sites for hydroxylation is 1. The second-order valence-electron chi connectivity index (χ2n) is 8.51. The number of para-hydroxylation sites is 1. The molecule has 2 aromatic heterocycles. The lowest BCUT2D eigenvalue weighted by Crippen LogP contribution is -2.39. The maximum absolute atomic E-state index is 13.8. The van der Waals surface area contributed by atoms with Crippen molar-refractivity contribution in [3.05, 3.63) is 107 Å². The molecule has 5 aromatic rings. The summed E-state index contributed by atoms with van der Waals surface area (Å²) >= 11 is 1.63. The molecule has 2 heterocycles. The standard InChI is InChI=1S/C28H24N4O2S/c1-19-17-21(34-27-29-15-8-16-30-27)13-14-22(19)32-26(33)28(2,20-9-4-3-5-10-20)18-25-31-23-11-6-7-12-24(23)35-25/h3-17H,18H2,1-2H3,(H,32,33). The smallest absolute Gasteiger partial charge is 0.321 e. The molecule has 0 spiro atoms. The molecule has 3 aromatic carbocycles. The lowest BCUT2D eigenvalue weighted by atomic mass is 9.78. The van der Waals surface area contributed by atoms with E-state index in [1.54, 1.807) is 35.9 Å². The maximum Gasteiger partial charge on any atom is 0.321 e. The highest BCUT2D eigenvalue weighted by Crippen LogP contribution is 2.34. The van der Waals surface area contributed by atoms with Gasteiger partial charge in [0, 0.05) is 24.5 Å². The fourth-order valence-corrected chi connectivity index (χ4v) is 5.08. The van der Waals surface area contributed by atoms with Crippen molar-refractivity contribution in [2.75, 3.05) is 5.32 Å². The van der Waals surface area contributed by atoms with Crippen LogP contribution in [0.1, 0.15) is 23.1 Å². The predicted octanol–water partition coefficient (Wildman–Crippen LogP) is 6.33. The highest BCUT2D eigenvalue weighted by atomic mass is 32.1. The average molecular weight is 481 g/mol. The number of carbonyl (C=O) groups excluding carboxylic acids is 1. The summed E-state index contributed by atoms with van der Waals surface area (Å²) in [4.78, 5) is 26.8. The van der Waals surface area contributed by atoms with E-state index in [9.17, 15) is 4.79 Å². The summed E-state index contributed by atoms with van der Waals surface area (Å²) in [7, 11) is 0. The third-order valence-electron chi connectivity index (χ3n) is 5.95. The number of ether oxygens (including phenoxy) is 1. The Kier molecular flexibility index (Phi) is 6.25. The molecule has 0 aliphatic rings. The molecule has 1 unspecified atom stereocenters. The van der Waals surface area contributed by atoms with Crippen LogP contribution in [-0.4, -0.2) is 20.9 Å². The van der Waals surface area contributed by atoms with Gasteiger partial charge in [0.15, 0.2) is 0 Å². The van der Waals surface area contributed by atoms with E-state index in [2.05, 4.69) is 21.4 Å². The van der Waals surface area contributed by atoms with E-state index >= 15 is 0 Å². The summed E-state index contributed by atoms with van der Waals surface area (Å²) in [5.41, 5.74) is 2.69. The molecule has 1 atom stereocenters. The average Bonchev–Trinajstić information content (AvgIpc) is 3.29. The third kappa shape index (κ3) is 4.90. The molecule has 174 valence electrons. The van der Waals surface area contributed by atoms with E-state index in [0.717, 1.165) is 32.0 Å². The SMILES string of the molecule is Cc1cc(Oc2ncccn2)ccc1NC(=O)C(C)(Cc1nc2ccccc2s1)c1ccccc1. The summed E-state index contributed by atoms with van der Waals surface area (Å²) < 4.78 is 6.84. The fraction of sp³-hybridized carbons (Fsp3) is 0.143. The van der Waals surface area contributed by atoms with Gasteiger partial charge in [-0.2, -0.15) is 0 Å². The number of hydrogen-bond donors (Lipinski definition) is 1. The number of nitrogens with one attached hydrogen (secondary N) is 1. The first-order chi connectivity index (χ1) is 17.0. The minimum atomic E-state index is -0.811. The molecule has 1 N–H and O–H groups in total. The summed E-state index contributed by atoms with van der Waals surface area (Å²) in [5.74, 6) is 0.512. The Bertz CT molecular complexity index is 1440. The van der Waals surface area contributed by atoms with Gasteiger partial charge >= 0.3 is 6.01 Å². The number of nitrogens with zero attached hydrogens (tertiary/aromatic N) is 3. The zero-order valence-electron chi connectivity index (χ0n) is 19.4. The first kappa shape index (κ1) is 22.7. The van der Waals surface area contributed by atoms with Crippen LogP contribution in [0.25, 0.3) is 10.2 Å². The van der Waals surface area contributed by atoms with Gasteiger partial charge in [0.25, 0.3) is 0 Å². The summed E-state index contributed by atoms with van der Waals surface area (Å²) in [6.45, 7) is 3.91. The molecular formula is C28H24N4O2S. The monoisotopic (exact) mass is 480 g/mol. The largest absolute Gasteiger partial charge is 0.424 e. The van der Waals surface area contributed by atoms with E-state index in [1.807, 2.05) is 74.5 Å². The van der Waals surface area contributed by atoms with Crippen molar-refractivity contribution in [1.82, 2.24) is 15.0 Å². The molecule has 0 bridgehead atoms. The Hall–Kier alpha value is -4.10. The van der Waals surface area contributed by atoms with Crippen molar-refractivity contribution < 1.29 is 9.53 Å². The van der Waals surface area contributed by atoms with Crippen LogP contribution >= 0.6 is 11.3 Å². The summed E-state index contributed by atoms with van der Waals surface area (Å²) in [6, 6.07) is 25.4. The van der Waals surface area contributed by atoms with Gasteiger partial charge in [-0.15, -0.1) is 11.3 Å². The highest BCUT2D eigenvalue weighted by molar-refractivity contribution is 7.18. The van der Waals surface area contributed by atoms with Crippen molar-refractivity contribution in [1.29, 1.82) is 0 Å². The molecular weight excluding hydrogens is 456 g/mol. The number of aromatic nitrogens is 3. The van der Waals surface area contributed by atoms with Crippen LogP contribution in [0, 0.1) is 6.92 Å². The predicted molar refractivity (Wildman–Crippen MR) is 139 cm³/mol. The minimum absolute atomic E-state index is 0.0916. The summed E-state index contributed by atoms with van der Waals surface area (Å²) in [5, 5.41) is 4.07. The Labute approximate surface area is 207 Å². The normalized spacial score (nSPS) is 12.7. The zero-order valence-corrected chi connectivity index (χ0v) is 20.3. The van der Waals surface area contributed by atoms with Crippen LogP contribution in [0.15, 0.2) is 91.3 Å². The number of fused-ring (bicyclic) bond motifs is 1. The Balaban J connectivity index is 1.41. The number of benzene rings is 3. The quantitative estimate of drug-likeness (QED) is 0.295. The van der Waals surface area contributed by atoms with Crippen molar-refractivity contribution >= 4 is 33.1 Å². The van der Waals surface area contributed by atoms with E-state index in [0.29, 0.717) is 12.2 Å². The number of rotatable bonds is 7. The number of anilines is 1. The van der Waals surface area contributed by atoms with Gasteiger partial charge in [0.2, 0.25) is 5.91 Å². The zero-order chi connectivity index (χ0) is 24.3. The van der Waals surface area contributed by atoms with E-state index in [1.165, 1.54) is 0 Å². The molecule has 0 radical (unpaired) electrons. The third-order valence-corrected chi connectivity index (χ3v) is 6.99. The Morgan fingerprint density at radius 3 is 2.46 bits per heavy atom. The molecule has 0 saturated heterocycles. The first-order valence-corrected chi connectivity index (χ1v) is 12.1. The van der Waals surface area contributed by atoms with Crippen molar-refractivity contribution in [2.45, 2.75) is 25.7 Å². The topological polar surface area (TPSA) is 77.0 Å². The fourth-order valence-electron chi connectivity index (χ4n) is 3.96. The second kappa shape index (κ2) is 9.64. The van der Waals surface area contributed by atoms with E-state index in [4.69, 9.17) is 9.72 Å². The van der Waals surface area contributed by atoms with Crippen LogP contribution in [0.3, 0.4) is 0 Å². The molecule has 35 heavy (non-hydrogen) atoms. The molecule has 0 aliphatic heterocycles. The van der Waals surface area contributed by atoms with Crippen LogP contribution in [0.5, 0.6) is 11.8 Å². The van der Waals surface area contributed by atoms with Gasteiger partial charge in [0.05, 0.1) is 20.6 Å². The van der Waals surface area contributed by atoms with Gasteiger partial charge < -0.3 is 10.1 Å². The van der Waals surface area contributed by atoms with Crippen LogP contribution < -0.4 is 10.1 Å². The first-order valence-electron chi connectivity index (χ1n) is 11.3. The van der Waals surface area contributed by atoms with Crippen molar-refractivity contribution in [3.63, 3.8) is 0 Å². The van der Waals surface area contributed by atoms with Crippen molar-refractivity contribution in [3.8, 4) is 11.8 Å². The van der Waals surface area contributed by atoms with Crippen LogP contribution in [-0.2, 0) is 16.6 Å². The van der Waals surface area contributed by atoms with Gasteiger partial charge in [0.1, 0.15) is 5.75 Å². The number of hydrogen-bond acceptors (Lipinski definition) is 6. The number of amides is 1. The maximum atomic E-state index is 13.8. The van der Waals surface area contributed by atoms with Gasteiger partial charge in [-0.1, -0.05) is 42.5 Å². The van der Waals surface area contributed by atoms with E-state index < -0.39 is 5.41 Å². The summed E-state index contributed by atoms with van der Waals surface area (Å²) in [6.07, 6.45) is 3.74. The molecule has 5 rings (SSSR count). The lowest BCUT2D eigenvalue weighted by Gasteiger charge is -2.28. The number of carbonyl (C=O) groups is 1. The van der Waals surface area contributed by atoms with Gasteiger partial charge in [-0.3, -0.25) is 4.79 Å². The molecule has 7 heteroatoms. The van der Waals surface area contributed by atoms with Gasteiger partial charge in [-0.25, -0.2) is 15.0 Å². The van der Waals surface area contributed by atoms with Crippen LogP contribution in [0.2, 0.25) is 0 Å².